The average molecular weight is 274 g/mol. The first kappa shape index (κ1) is 15.6. The van der Waals surface area contributed by atoms with Gasteiger partial charge in [0.2, 0.25) is 0 Å². The smallest absolute Gasteiger partial charge is 0.337 e. The topological polar surface area (TPSA) is 94.5 Å². The van der Waals surface area contributed by atoms with E-state index in [0.29, 0.717) is 0 Å². The molecule has 0 bridgehead atoms. The molecule has 0 amide bonds. The Morgan fingerprint density at radius 3 is 2.58 bits per heavy atom. The third-order valence-electron chi connectivity index (χ3n) is 2.66. The molecular weight excluding hydrogens is 256 g/mol. The Morgan fingerprint density at radius 1 is 1.42 bits per heavy atom. The van der Waals surface area contributed by atoms with Gasteiger partial charge in [-0.05, 0) is 12.2 Å². The maximum atomic E-state index is 11.5. The van der Waals surface area contributed by atoms with E-state index in [4.69, 9.17) is 19.3 Å². The van der Waals surface area contributed by atoms with Crippen LogP contribution in [0.25, 0.3) is 0 Å². The molecule has 0 aliphatic heterocycles. The highest BCUT2D eigenvalue weighted by molar-refractivity contribution is 5.92. The van der Waals surface area contributed by atoms with Crippen molar-refractivity contribution < 1.29 is 34.0 Å². The Bertz CT molecular complexity index is 388. The zero-order valence-corrected chi connectivity index (χ0v) is 11.1. The summed E-state index contributed by atoms with van der Waals surface area (Å²) < 4.78 is 19.9. The molecule has 19 heavy (non-hydrogen) atoms. The molecule has 7 heteroatoms. The summed E-state index contributed by atoms with van der Waals surface area (Å²) in [7, 11) is 3.92. The maximum absolute atomic E-state index is 11.5. The number of methoxy groups -OCH3 is 3. The van der Waals surface area contributed by atoms with E-state index >= 15 is 0 Å². The molecule has 0 saturated heterocycles. The molecule has 0 saturated carbocycles. The van der Waals surface area contributed by atoms with Crippen LogP contribution in [0.15, 0.2) is 23.5 Å². The summed E-state index contributed by atoms with van der Waals surface area (Å²) in [6.45, 7) is -0.387. The quantitative estimate of drug-likeness (QED) is 0.490. The van der Waals surface area contributed by atoms with Crippen LogP contribution in [0.3, 0.4) is 0 Å². The van der Waals surface area contributed by atoms with Crippen molar-refractivity contribution in [2.45, 2.75) is 11.9 Å². The molecule has 2 unspecified atom stereocenters. The maximum Gasteiger partial charge on any atom is 0.337 e. The summed E-state index contributed by atoms with van der Waals surface area (Å²) in [6.07, 6.45) is 1.71. The van der Waals surface area contributed by atoms with Crippen molar-refractivity contribution in [1.29, 1.82) is 0 Å². The normalized spacial score (nSPS) is 26.5. The van der Waals surface area contributed by atoms with Gasteiger partial charge >= 0.3 is 5.97 Å². The van der Waals surface area contributed by atoms with Gasteiger partial charge in [0.15, 0.2) is 5.76 Å². The van der Waals surface area contributed by atoms with E-state index in [1.165, 1.54) is 33.5 Å². The number of rotatable bonds is 6. The van der Waals surface area contributed by atoms with Gasteiger partial charge in [-0.25, -0.2) is 4.79 Å². The Morgan fingerprint density at radius 2 is 2.11 bits per heavy atom. The second-order valence-corrected chi connectivity index (χ2v) is 3.75. The van der Waals surface area contributed by atoms with E-state index in [9.17, 15) is 9.90 Å². The first-order valence-corrected chi connectivity index (χ1v) is 5.59. The highest BCUT2D eigenvalue weighted by Crippen LogP contribution is 2.32. The van der Waals surface area contributed by atoms with Crippen molar-refractivity contribution in [3.63, 3.8) is 0 Å². The van der Waals surface area contributed by atoms with E-state index in [2.05, 4.69) is 4.74 Å². The summed E-state index contributed by atoms with van der Waals surface area (Å²) in [4.78, 5) is 11.5. The second kappa shape index (κ2) is 6.67. The lowest BCUT2D eigenvalue weighted by molar-refractivity contribution is -0.246. The van der Waals surface area contributed by atoms with Crippen LogP contribution in [0.1, 0.15) is 0 Å². The van der Waals surface area contributed by atoms with Gasteiger partial charge in [-0.2, -0.15) is 0 Å². The monoisotopic (exact) mass is 274 g/mol. The molecule has 7 nitrogen and oxygen atoms in total. The highest BCUT2D eigenvalue weighted by Gasteiger charge is 2.46. The molecule has 0 radical (unpaired) electrons. The molecule has 0 spiro atoms. The van der Waals surface area contributed by atoms with E-state index in [1.807, 2.05) is 0 Å². The zero-order valence-electron chi connectivity index (χ0n) is 11.1. The molecule has 2 atom stereocenters. The van der Waals surface area contributed by atoms with Crippen molar-refractivity contribution >= 4 is 5.97 Å². The first-order valence-electron chi connectivity index (χ1n) is 5.59. The van der Waals surface area contributed by atoms with Crippen LogP contribution in [0.5, 0.6) is 0 Å². The predicted molar refractivity (Wildman–Crippen MR) is 64.0 cm³/mol. The molecular formula is C12H18O7. The molecule has 1 aliphatic carbocycles. The SMILES string of the molecule is COC(=O)C1=CC(OC)C(O)(OCCO)C(OC)=C1. The van der Waals surface area contributed by atoms with Crippen LogP contribution >= 0.6 is 0 Å². The Hall–Kier alpha value is -1.41. The molecule has 0 aromatic carbocycles. The summed E-state index contributed by atoms with van der Waals surface area (Å²) in [5, 5.41) is 19.2. The minimum Gasteiger partial charge on any atom is -0.495 e. The standard InChI is InChI=1S/C12H18O7/c1-16-9-6-8(11(14)18-3)7-10(17-2)12(9,15)19-5-4-13/h6-7,9,13,15H,4-5H2,1-3H3. The van der Waals surface area contributed by atoms with E-state index < -0.39 is 17.9 Å². The van der Waals surface area contributed by atoms with Crippen molar-refractivity contribution in [3.8, 4) is 0 Å². The van der Waals surface area contributed by atoms with E-state index in [0.717, 1.165) is 0 Å². The fourth-order valence-corrected chi connectivity index (χ4v) is 1.74. The number of esters is 1. The number of hydrogen-bond acceptors (Lipinski definition) is 7. The molecule has 1 aliphatic rings. The summed E-state index contributed by atoms with van der Waals surface area (Å²) in [5.74, 6) is -2.49. The highest BCUT2D eigenvalue weighted by atomic mass is 16.7. The molecule has 2 N–H and O–H groups in total. The Kier molecular flexibility index (Phi) is 5.49. The van der Waals surface area contributed by atoms with Crippen molar-refractivity contribution in [2.24, 2.45) is 0 Å². The summed E-state index contributed by atoms with van der Waals surface area (Å²) in [6, 6.07) is 0. The van der Waals surface area contributed by atoms with Gasteiger partial charge in [-0.1, -0.05) is 0 Å². The van der Waals surface area contributed by atoms with Crippen LogP contribution in [-0.4, -0.2) is 62.6 Å². The van der Waals surface area contributed by atoms with Crippen LogP contribution in [-0.2, 0) is 23.7 Å². The number of carbonyl (C=O) groups excluding carboxylic acids is 1. The summed E-state index contributed by atoms with van der Waals surface area (Å²) in [5.41, 5.74) is 0.184. The van der Waals surface area contributed by atoms with Gasteiger partial charge in [0.05, 0.1) is 33.0 Å². The lowest BCUT2D eigenvalue weighted by atomic mass is 9.96. The van der Waals surface area contributed by atoms with Crippen molar-refractivity contribution in [2.75, 3.05) is 34.5 Å². The van der Waals surface area contributed by atoms with Crippen molar-refractivity contribution in [3.05, 3.63) is 23.5 Å². The van der Waals surface area contributed by atoms with E-state index in [-0.39, 0.29) is 24.5 Å². The second-order valence-electron chi connectivity index (χ2n) is 3.75. The molecule has 0 aromatic rings. The number of hydrogen-bond donors (Lipinski definition) is 2. The minimum absolute atomic E-state index is 0.00398. The molecule has 1 rings (SSSR count). The van der Waals surface area contributed by atoms with Crippen LogP contribution in [0, 0.1) is 0 Å². The van der Waals surface area contributed by atoms with Crippen molar-refractivity contribution in [1.82, 2.24) is 0 Å². The zero-order chi connectivity index (χ0) is 14.5. The number of ether oxygens (including phenoxy) is 4. The summed E-state index contributed by atoms with van der Waals surface area (Å²) >= 11 is 0. The van der Waals surface area contributed by atoms with Crippen LogP contribution in [0.4, 0.5) is 0 Å². The van der Waals surface area contributed by atoms with Crippen LogP contribution in [0.2, 0.25) is 0 Å². The van der Waals surface area contributed by atoms with Gasteiger partial charge in [-0.15, -0.1) is 0 Å². The molecule has 0 fully saturated rings. The Labute approximate surface area is 111 Å². The number of aliphatic hydroxyl groups is 2. The largest absolute Gasteiger partial charge is 0.495 e. The van der Waals surface area contributed by atoms with Gasteiger partial charge in [0, 0.05) is 7.11 Å². The lowest BCUT2D eigenvalue weighted by Crippen LogP contribution is -2.49. The number of aliphatic hydroxyl groups excluding tert-OH is 1. The van der Waals surface area contributed by atoms with Gasteiger partial charge in [-0.3, -0.25) is 0 Å². The minimum atomic E-state index is -1.90. The van der Waals surface area contributed by atoms with E-state index in [1.54, 1.807) is 0 Å². The van der Waals surface area contributed by atoms with Gasteiger partial charge < -0.3 is 29.2 Å². The molecule has 0 heterocycles. The first-order chi connectivity index (χ1) is 9.03. The predicted octanol–water partition coefficient (Wildman–Crippen LogP) is -0.658. The average Bonchev–Trinajstić information content (AvgIpc) is 2.44. The molecule has 0 aromatic heterocycles. The Balaban J connectivity index is 3.11. The third kappa shape index (κ3) is 3.13. The lowest BCUT2D eigenvalue weighted by Gasteiger charge is -2.36. The molecule has 108 valence electrons. The number of carbonyl (C=O) groups is 1. The third-order valence-corrected chi connectivity index (χ3v) is 2.66. The fourth-order valence-electron chi connectivity index (χ4n) is 1.74. The van der Waals surface area contributed by atoms with Crippen LogP contribution < -0.4 is 0 Å². The van der Waals surface area contributed by atoms with Gasteiger partial charge in [0.1, 0.15) is 6.10 Å². The fraction of sp³-hybridized carbons (Fsp3) is 0.583. The van der Waals surface area contributed by atoms with Gasteiger partial charge in [0.25, 0.3) is 5.79 Å².